The molecule has 0 saturated heterocycles. The Labute approximate surface area is 160 Å². The van der Waals surface area contributed by atoms with Crippen molar-refractivity contribution in [2.24, 2.45) is 7.05 Å². The molecule has 2 aromatic rings. The van der Waals surface area contributed by atoms with Crippen molar-refractivity contribution in [1.82, 2.24) is 4.57 Å². The van der Waals surface area contributed by atoms with Crippen molar-refractivity contribution in [3.05, 3.63) is 46.0 Å². The molecule has 0 aliphatic rings. The molecule has 0 saturated carbocycles. The molecule has 1 aromatic carbocycles. The van der Waals surface area contributed by atoms with E-state index in [9.17, 15) is 14.0 Å². The zero-order chi connectivity index (χ0) is 19.6. The fraction of sp³-hybridized carbons (Fsp3) is 0.294. The van der Waals surface area contributed by atoms with E-state index in [2.05, 4.69) is 10.6 Å². The third-order valence-corrected chi connectivity index (χ3v) is 4.06. The van der Waals surface area contributed by atoms with E-state index in [1.807, 2.05) is 0 Å². The van der Waals surface area contributed by atoms with Crippen molar-refractivity contribution in [3.8, 4) is 0 Å². The number of hydrogen-bond donors (Lipinski definition) is 2. The van der Waals surface area contributed by atoms with Crippen LogP contribution >= 0.6 is 23.2 Å². The van der Waals surface area contributed by atoms with Crippen LogP contribution in [0.25, 0.3) is 0 Å². The monoisotopic (exact) mass is 401 g/mol. The van der Waals surface area contributed by atoms with Crippen molar-refractivity contribution in [1.29, 1.82) is 0 Å². The number of hydrogen-bond acceptors (Lipinski definition) is 3. The summed E-state index contributed by atoms with van der Waals surface area (Å²) in [7, 11) is 1.56. The van der Waals surface area contributed by atoms with E-state index in [1.165, 1.54) is 16.7 Å². The molecule has 140 valence electrons. The summed E-state index contributed by atoms with van der Waals surface area (Å²) in [6.07, 6.45) is -0.732. The largest absolute Gasteiger partial charge is 0.444 e. The topological polar surface area (TPSA) is 72.4 Å². The van der Waals surface area contributed by atoms with Crippen LogP contribution in [0, 0.1) is 5.82 Å². The van der Waals surface area contributed by atoms with Crippen molar-refractivity contribution >= 4 is 46.6 Å². The number of halogens is 3. The van der Waals surface area contributed by atoms with Crippen LogP contribution in [-0.2, 0) is 11.8 Å². The lowest BCUT2D eigenvalue weighted by Crippen LogP contribution is -2.27. The Hall–Kier alpha value is -2.25. The standard InChI is InChI=1S/C17H18Cl2FN3O3/c1-17(2,3)26-16(25)22-11-6-5-9(20)7-12(11)21-15(24)13-8-10(18)14(19)23(13)4/h5-8H,1-4H3,(H,21,24)(H,22,25). The second kappa shape index (κ2) is 7.55. The van der Waals surface area contributed by atoms with Gasteiger partial charge in [0.15, 0.2) is 0 Å². The molecule has 0 fully saturated rings. The summed E-state index contributed by atoms with van der Waals surface area (Å²) in [5, 5.41) is 5.42. The van der Waals surface area contributed by atoms with Crippen LogP contribution in [0.2, 0.25) is 10.2 Å². The highest BCUT2D eigenvalue weighted by molar-refractivity contribution is 6.42. The normalized spacial score (nSPS) is 11.2. The summed E-state index contributed by atoms with van der Waals surface area (Å²) in [5.74, 6) is -1.16. The smallest absolute Gasteiger partial charge is 0.412 e. The van der Waals surface area contributed by atoms with Gasteiger partial charge in [-0.1, -0.05) is 23.2 Å². The predicted octanol–water partition coefficient (Wildman–Crippen LogP) is 5.07. The molecule has 0 radical (unpaired) electrons. The molecule has 0 spiro atoms. The van der Waals surface area contributed by atoms with Gasteiger partial charge in [0, 0.05) is 7.05 Å². The van der Waals surface area contributed by atoms with Crippen LogP contribution in [0.5, 0.6) is 0 Å². The maximum Gasteiger partial charge on any atom is 0.412 e. The minimum absolute atomic E-state index is 0.0642. The molecular weight excluding hydrogens is 384 g/mol. The molecule has 2 N–H and O–H groups in total. The van der Waals surface area contributed by atoms with E-state index >= 15 is 0 Å². The number of benzene rings is 1. The zero-order valence-corrected chi connectivity index (χ0v) is 16.1. The highest BCUT2D eigenvalue weighted by atomic mass is 35.5. The van der Waals surface area contributed by atoms with Crippen LogP contribution in [0.3, 0.4) is 0 Å². The summed E-state index contributed by atoms with van der Waals surface area (Å²) in [6.45, 7) is 5.13. The van der Waals surface area contributed by atoms with Crippen LogP contribution in [0.15, 0.2) is 24.3 Å². The van der Waals surface area contributed by atoms with Crippen LogP contribution < -0.4 is 10.6 Å². The number of nitrogens with one attached hydrogen (secondary N) is 2. The molecule has 26 heavy (non-hydrogen) atoms. The Balaban J connectivity index is 2.25. The van der Waals surface area contributed by atoms with E-state index in [0.717, 1.165) is 12.1 Å². The molecule has 1 aromatic heterocycles. The van der Waals surface area contributed by atoms with Gasteiger partial charge in [-0.05, 0) is 45.0 Å². The van der Waals surface area contributed by atoms with E-state index < -0.39 is 23.4 Å². The summed E-state index contributed by atoms with van der Waals surface area (Å²) >= 11 is 11.9. The molecule has 6 nitrogen and oxygen atoms in total. The van der Waals surface area contributed by atoms with Crippen LogP contribution in [0.1, 0.15) is 31.3 Å². The van der Waals surface area contributed by atoms with Crippen LogP contribution in [0.4, 0.5) is 20.6 Å². The number of carbonyl (C=O) groups excluding carboxylic acids is 2. The number of nitrogens with zero attached hydrogens (tertiary/aromatic N) is 1. The second-order valence-corrected chi connectivity index (χ2v) is 7.26. The quantitative estimate of drug-likeness (QED) is 0.753. The van der Waals surface area contributed by atoms with Gasteiger partial charge in [0.05, 0.1) is 16.4 Å². The Morgan fingerprint density at radius 1 is 1.12 bits per heavy atom. The Morgan fingerprint density at radius 3 is 2.31 bits per heavy atom. The van der Waals surface area contributed by atoms with Gasteiger partial charge < -0.3 is 14.6 Å². The fourth-order valence-corrected chi connectivity index (χ4v) is 2.46. The molecule has 2 amide bonds. The van der Waals surface area contributed by atoms with Gasteiger partial charge in [-0.15, -0.1) is 0 Å². The number of ether oxygens (including phenoxy) is 1. The van der Waals surface area contributed by atoms with Crippen molar-refractivity contribution in [2.75, 3.05) is 10.6 Å². The second-order valence-electron chi connectivity index (χ2n) is 6.50. The Morgan fingerprint density at radius 2 is 1.77 bits per heavy atom. The average molecular weight is 402 g/mol. The fourth-order valence-electron chi connectivity index (χ4n) is 2.09. The lowest BCUT2D eigenvalue weighted by atomic mass is 10.2. The average Bonchev–Trinajstić information content (AvgIpc) is 2.76. The van der Waals surface area contributed by atoms with Crippen molar-refractivity contribution < 1.29 is 18.7 Å². The van der Waals surface area contributed by atoms with E-state index in [0.29, 0.717) is 0 Å². The SMILES string of the molecule is Cn1c(C(=O)Nc2cc(F)ccc2NC(=O)OC(C)(C)C)cc(Cl)c1Cl. The lowest BCUT2D eigenvalue weighted by Gasteiger charge is -2.20. The highest BCUT2D eigenvalue weighted by Gasteiger charge is 2.20. The van der Waals surface area contributed by atoms with Gasteiger partial charge in [0.25, 0.3) is 5.91 Å². The number of amides is 2. The minimum Gasteiger partial charge on any atom is -0.444 e. The molecule has 0 aliphatic heterocycles. The molecule has 0 aliphatic carbocycles. The number of carbonyl (C=O) groups is 2. The van der Waals surface area contributed by atoms with Crippen LogP contribution in [-0.4, -0.2) is 22.2 Å². The van der Waals surface area contributed by atoms with E-state index in [-0.39, 0.29) is 27.2 Å². The first-order chi connectivity index (χ1) is 12.0. The van der Waals surface area contributed by atoms with E-state index in [1.54, 1.807) is 27.8 Å². The Bertz CT molecular complexity index is 860. The maximum atomic E-state index is 13.6. The molecule has 9 heteroatoms. The summed E-state index contributed by atoms with van der Waals surface area (Å²) in [4.78, 5) is 24.4. The number of aromatic nitrogens is 1. The first kappa shape index (κ1) is 20.1. The van der Waals surface area contributed by atoms with Gasteiger partial charge in [0.1, 0.15) is 22.3 Å². The van der Waals surface area contributed by atoms with Crippen molar-refractivity contribution in [2.45, 2.75) is 26.4 Å². The molecule has 0 atom stereocenters. The maximum absolute atomic E-state index is 13.6. The van der Waals surface area contributed by atoms with Gasteiger partial charge in [-0.2, -0.15) is 0 Å². The summed E-state index contributed by atoms with van der Waals surface area (Å²) in [5.41, 5.74) is -0.286. The molecule has 0 unspecified atom stereocenters. The van der Waals surface area contributed by atoms with Gasteiger partial charge in [-0.3, -0.25) is 10.1 Å². The summed E-state index contributed by atoms with van der Waals surface area (Å²) in [6, 6.07) is 4.94. The molecule has 0 bridgehead atoms. The first-order valence-corrected chi connectivity index (χ1v) is 8.35. The number of anilines is 2. The summed E-state index contributed by atoms with van der Waals surface area (Å²) < 4.78 is 20.2. The third-order valence-electron chi connectivity index (χ3n) is 3.21. The zero-order valence-electron chi connectivity index (χ0n) is 14.6. The van der Waals surface area contributed by atoms with Gasteiger partial charge in [0.2, 0.25) is 0 Å². The molecule has 2 rings (SSSR count). The molecule has 1 heterocycles. The Kier molecular flexibility index (Phi) is 5.83. The number of rotatable bonds is 3. The predicted molar refractivity (Wildman–Crippen MR) is 99.6 cm³/mol. The highest BCUT2D eigenvalue weighted by Crippen LogP contribution is 2.28. The van der Waals surface area contributed by atoms with E-state index in [4.69, 9.17) is 27.9 Å². The minimum atomic E-state index is -0.732. The first-order valence-electron chi connectivity index (χ1n) is 7.59. The third kappa shape index (κ3) is 4.89. The van der Waals surface area contributed by atoms with Gasteiger partial charge in [-0.25, -0.2) is 9.18 Å². The van der Waals surface area contributed by atoms with Crippen molar-refractivity contribution in [3.63, 3.8) is 0 Å². The lowest BCUT2D eigenvalue weighted by molar-refractivity contribution is 0.0635. The molecular formula is C17H18Cl2FN3O3. The van der Waals surface area contributed by atoms with Gasteiger partial charge >= 0.3 is 6.09 Å².